The molecule has 0 spiro atoms. The van der Waals surface area contributed by atoms with Crippen LogP contribution in [0, 0.1) is 11.3 Å². The monoisotopic (exact) mass is 1950 g/mol. The molecule has 0 fully saturated rings. The van der Waals surface area contributed by atoms with E-state index in [1.165, 1.54) is 97.4 Å². The number of alkyl halides is 25. The van der Waals surface area contributed by atoms with Crippen molar-refractivity contribution in [3.63, 3.8) is 0 Å². The second-order valence-corrected chi connectivity index (χ2v) is 31.1. The van der Waals surface area contributed by atoms with Gasteiger partial charge in [-0.05, 0) is 195 Å². The number of carbonyl (C=O) groups is 4. The molecule has 0 unspecified atom stereocenters. The van der Waals surface area contributed by atoms with E-state index in [-0.39, 0.29) is 103 Å². The molecule has 0 aliphatic carbocycles. The van der Waals surface area contributed by atoms with Gasteiger partial charge in [-0.25, -0.2) is 57.4 Å². The van der Waals surface area contributed by atoms with Crippen LogP contribution in [-0.4, -0.2) is 69.6 Å². The van der Waals surface area contributed by atoms with E-state index >= 15 is 0 Å². The van der Waals surface area contributed by atoms with Crippen LogP contribution >= 0.6 is 22.7 Å². The Kier molecular flexibility index (Phi) is 29.8. The van der Waals surface area contributed by atoms with Gasteiger partial charge in [0.15, 0.2) is 34.9 Å². The highest BCUT2D eigenvalue weighted by atomic mass is 32.1. The number of Topliss-reactive ketones (excluding diaryl/α,β-unsaturated/α-hetero) is 2. The molecule has 2 amide bonds. The number of nitriles is 1. The average molecular weight is 1950 g/mol. The summed E-state index contributed by atoms with van der Waals surface area (Å²) >= 11 is 2.40. The van der Waals surface area contributed by atoms with Crippen molar-refractivity contribution in [2.75, 3.05) is 0 Å². The molecule has 7 heterocycles. The van der Waals surface area contributed by atoms with Gasteiger partial charge in [0.25, 0.3) is 17.8 Å². The molecule has 0 aliphatic heterocycles. The van der Waals surface area contributed by atoms with E-state index in [0.717, 1.165) is 70.4 Å². The third kappa shape index (κ3) is 26.7. The van der Waals surface area contributed by atoms with Crippen molar-refractivity contribution in [2.45, 2.75) is 83.0 Å². The maximum Gasteiger partial charge on any atom is 0.573 e. The fourth-order valence-electron chi connectivity index (χ4n) is 12.3. The summed E-state index contributed by atoms with van der Waals surface area (Å²) in [7, 11) is 0. The summed E-state index contributed by atoms with van der Waals surface area (Å²) < 4.78 is 341. The number of furan rings is 1. The Morgan fingerprint density at radius 1 is 0.368 bits per heavy atom. The minimum Gasteiger partial charge on any atom is -0.456 e. The van der Waals surface area contributed by atoms with Crippen LogP contribution in [0.5, 0.6) is 5.75 Å². The number of allylic oxidation sites excluding steroid dienone is 2. The number of nitrogens with two attached hydrogens (primary N) is 2. The maximum absolute atomic E-state index is 13.9. The summed E-state index contributed by atoms with van der Waals surface area (Å²) in [4.78, 5) is 81.6. The number of hydrogen-bond acceptors (Lipinski definition) is 17. The maximum atomic E-state index is 13.9. The number of ether oxygens (including phenoxy) is 1. The first kappa shape index (κ1) is 101. The van der Waals surface area contributed by atoms with Crippen LogP contribution in [0.3, 0.4) is 0 Å². The van der Waals surface area contributed by atoms with E-state index in [9.17, 15) is 129 Å². The summed E-state index contributed by atoms with van der Waals surface area (Å²) in [5, 5.41) is 10.6. The normalized spacial score (nSPS) is 12.8. The van der Waals surface area contributed by atoms with E-state index in [1.54, 1.807) is 42.5 Å². The molecular formula is C92H56F25N11O6S2. The van der Waals surface area contributed by atoms with Gasteiger partial charge in [0.05, 0.1) is 67.3 Å². The number of hydrogen-bond donors (Lipinski definition) is 2. The number of ketones is 2. The molecular weight excluding hydrogens is 1890 g/mol. The number of aromatic nitrogens is 8. The standard InChI is InChI=1S/C24H16F5N3O2.C24H16F5N3OS.C23H13F9N2O2.C21H11F6N3OS/c2*1-23(25,26)15-8-14(9-16(11-15)24(27,28)29)22-31-7-6-17(32-22)12-18(21(30)33)20-10-13-4-2-3-5-19(13)34-20;1-12(35)19(13-2-4-18(5-3-13)36-23(30,31)32)11-17-6-7-33-20(34-17)14-8-15(21(24,25)26)10-16(9-14)22(27,28)29;1-11(31)17(18-3-2-16(10-28)32-18)9-15-4-5-29-19(30-15)12-6-13(20(22,23)24)8-14(7-12)21(25,26)27/h2*2-12H,1H3,(H2,30,33);2-11H,1H3;2-9H,1H3/b2*18-12+;19-11-;17-9-. The lowest BCUT2D eigenvalue weighted by atomic mass is 10.0. The zero-order valence-electron chi connectivity index (χ0n) is 69.0. The van der Waals surface area contributed by atoms with E-state index < -0.39 is 140 Å². The second kappa shape index (κ2) is 39.9. The largest absolute Gasteiger partial charge is 0.573 e. The molecule has 0 aliphatic rings. The van der Waals surface area contributed by atoms with Gasteiger partial charge in [0.1, 0.15) is 28.0 Å². The summed E-state index contributed by atoms with van der Waals surface area (Å²) in [6, 6.07) is 38.6. The van der Waals surface area contributed by atoms with Crippen molar-refractivity contribution in [3.05, 3.63) is 312 Å². The molecule has 0 radical (unpaired) electrons. The first-order chi connectivity index (χ1) is 63.2. The van der Waals surface area contributed by atoms with Crippen LogP contribution < -0.4 is 16.2 Å². The lowest BCUT2D eigenvalue weighted by molar-refractivity contribution is -0.274. The Morgan fingerprint density at radius 2 is 0.706 bits per heavy atom. The van der Waals surface area contributed by atoms with Crippen LogP contribution in [-0.2, 0) is 68.1 Å². The lowest BCUT2D eigenvalue weighted by Gasteiger charge is -2.16. The Morgan fingerprint density at radius 3 is 1.04 bits per heavy atom. The van der Waals surface area contributed by atoms with Gasteiger partial charge in [-0.3, -0.25) is 19.2 Å². The van der Waals surface area contributed by atoms with Crippen molar-refractivity contribution < 1.29 is 138 Å². The molecule has 14 aromatic rings. The zero-order valence-corrected chi connectivity index (χ0v) is 70.6. The molecule has 7 aromatic carbocycles. The molecule has 136 heavy (non-hydrogen) atoms. The van der Waals surface area contributed by atoms with Crippen molar-refractivity contribution in [1.29, 1.82) is 5.26 Å². The minimum absolute atomic E-state index is 0.0185. The lowest BCUT2D eigenvalue weighted by Crippen LogP contribution is -2.17. The van der Waals surface area contributed by atoms with E-state index in [0.29, 0.717) is 82.6 Å². The second-order valence-electron chi connectivity index (χ2n) is 28.9. The Hall–Kier alpha value is -15.2. The highest BCUT2D eigenvalue weighted by Crippen LogP contribution is 2.45. The highest BCUT2D eigenvalue weighted by molar-refractivity contribution is 7.20. The van der Waals surface area contributed by atoms with Gasteiger partial charge in [0, 0.05) is 103 Å². The number of benzene rings is 7. The van der Waals surface area contributed by atoms with Gasteiger partial charge >= 0.3 is 43.4 Å². The van der Waals surface area contributed by atoms with Crippen LogP contribution in [0.25, 0.3) is 113 Å². The number of thiophene rings is 2. The first-order valence-corrected chi connectivity index (χ1v) is 39.8. The average Bonchev–Trinajstić information content (AvgIpc) is 1.03. The van der Waals surface area contributed by atoms with E-state index in [2.05, 4.69) is 44.6 Å². The van der Waals surface area contributed by atoms with Crippen molar-refractivity contribution >= 4 is 114 Å². The molecule has 17 nitrogen and oxygen atoms in total. The summed E-state index contributed by atoms with van der Waals surface area (Å²) in [6.07, 6.45) is -24.9. The Labute approximate surface area is 757 Å². The predicted molar refractivity (Wildman–Crippen MR) is 450 cm³/mol. The van der Waals surface area contributed by atoms with Crippen molar-refractivity contribution in [2.24, 2.45) is 11.5 Å². The quantitative estimate of drug-likeness (QED) is 0.0563. The van der Waals surface area contributed by atoms with Crippen molar-refractivity contribution in [1.82, 2.24) is 39.9 Å². The van der Waals surface area contributed by atoms with Gasteiger partial charge in [0.2, 0.25) is 5.91 Å². The fourth-order valence-corrected chi connectivity index (χ4v) is 14.3. The minimum atomic E-state index is -5.07. The molecule has 4 N–H and O–H groups in total. The fraction of sp³-hybridized carbons (Fsp3) is 0.141. The molecule has 0 saturated heterocycles. The Bertz CT molecular complexity index is 6640. The molecule has 0 bridgehead atoms. The number of amides is 2. The van der Waals surface area contributed by atoms with Crippen LogP contribution in [0.4, 0.5) is 110 Å². The van der Waals surface area contributed by atoms with E-state index in [4.69, 9.17) is 21.1 Å². The molecule has 0 atom stereocenters. The topological polar surface area (TPSA) is 270 Å². The van der Waals surface area contributed by atoms with Gasteiger partial charge in [-0.2, -0.15) is 84.3 Å². The number of carbonyl (C=O) groups excluding carboxylic acids is 4. The number of fused-ring (bicyclic) bond motifs is 2. The smallest absolute Gasteiger partial charge is 0.456 e. The number of para-hydroxylation sites is 1. The first-order valence-electron chi connectivity index (χ1n) is 38.2. The summed E-state index contributed by atoms with van der Waals surface area (Å²) in [6.45, 7) is 3.44. The predicted octanol–water partition coefficient (Wildman–Crippen LogP) is 26.0. The number of nitrogens with zero attached hydrogens (tertiary/aromatic N) is 9. The summed E-state index contributed by atoms with van der Waals surface area (Å²) in [5.74, 6) is -11.1. The third-order valence-electron chi connectivity index (χ3n) is 18.7. The van der Waals surface area contributed by atoms with Crippen LogP contribution in [0.15, 0.2) is 223 Å². The van der Waals surface area contributed by atoms with Gasteiger partial charge in [-0.1, -0.05) is 48.5 Å². The molecule has 7 aromatic heterocycles. The molecule has 44 heteroatoms. The molecule has 702 valence electrons. The van der Waals surface area contributed by atoms with Crippen LogP contribution in [0.2, 0.25) is 0 Å². The molecule has 14 rings (SSSR count). The van der Waals surface area contributed by atoms with E-state index in [1.807, 2.05) is 30.3 Å². The summed E-state index contributed by atoms with van der Waals surface area (Å²) in [5.41, 5.74) is 0.585. The van der Waals surface area contributed by atoms with Gasteiger partial charge in [-0.15, -0.1) is 35.8 Å². The SMILES string of the molecule is CC(=O)/C(=C/c1ccnc(-c2cc(C(F)(F)F)cc(C(F)(F)F)c2)n1)c1ccc(C#N)s1.CC(=O)/C(=C/c1ccnc(-c2cc(C(F)(F)F)cc(C(F)(F)F)c2)n1)c1ccc(OC(F)(F)F)cc1.CC(F)(F)c1cc(-c2nccc(/C=C(/C(N)=O)c3cc4ccccc4o3)n2)cc(C(F)(F)F)c1.CC(F)(F)c1cc(-c2nccc(/C=C(/C(N)=O)c3cc4ccccc4s3)n2)cc(C(F)(F)F)c1. The third-order valence-corrected chi connectivity index (χ3v) is 20.8. The zero-order chi connectivity index (χ0) is 99.9. The Balaban J connectivity index is 0.000000174. The number of primary amides is 2. The molecule has 0 saturated carbocycles. The van der Waals surface area contributed by atoms with Gasteiger partial charge < -0.3 is 20.6 Å². The van der Waals surface area contributed by atoms with Crippen molar-refractivity contribution in [3.8, 4) is 57.4 Å². The number of halogens is 25. The number of rotatable bonds is 19. The van der Waals surface area contributed by atoms with Crippen LogP contribution in [0.1, 0.15) is 121 Å². The highest BCUT2D eigenvalue weighted by Gasteiger charge is 2.42.